The van der Waals surface area contributed by atoms with Crippen LogP contribution >= 0.6 is 0 Å². The van der Waals surface area contributed by atoms with Crippen LogP contribution in [-0.4, -0.2) is 23.3 Å². The summed E-state index contributed by atoms with van der Waals surface area (Å²) in [5.41, 5.74) is 0. The van der Waals surface area contributed by atoms with Crippen molar-refractivity contribution in [3.05, 3.63) is 12.7 Å². The van der Waals surface area contributed by atoms with E-state index in [1.54, 1.807) is 0 Å². The molecular formula is C19H28O3. The van der Waals surface area contributed by atoms with Crippen molar-refractivity contribution in [2.45, 2.75) is 77.4 Å². The molecule has 3 heteroatoms. The average Bonchev–Trinajstić information content (AvgIpc) is 2.49. The van der Waals surface area contributed by atoms with Crippen molar-refractivity contribution in [3.63, 3.8) is 0 Å². The van der Waals surface area contributed by atoms with Crippen molar-refractivity contribution in [2.75, 3.05) is 0 Å². The minimum absolute atomic E-state index is 0.411. The summed E-state index contributed by atoms with van der Waals surface area (Å²) in [7, 11) is 0. The maximum absolute atomic E-state index is 10.8. The summed E-state index contributed by atoms with van der Waals surface area (Å²) in [6, 6.07) is 0. The zero-order chi connectivity index (χ0) is 16.6. The van der Waals surface area contributed by atoms with Crippen LogP contribution in [0.3, 0.4) is 0 Å². The van der Waals surface area contributed by atoms with Crippen LogP contribution < -0.4 is 0 Å². The van der Waals surface area contributed by atoms with E-state index in [0.29, 0.717) is 6.42 Å². The molecule has 0 heterocycles. The molecule has 0 unspecified atom stereocenters. The zero-order valence-electron chi connectivity index (χ0n) is 13.9. The molecule has 0 fully saturated rings. The Balaban J connectivity index is 3.86. The molecule has 1 N–H and O–H groups in total. The Morgan fingerprint density at radius 3 is 2.32 bits per heavy atom. The fourth-order valence-corrected chi connectivity index (χ4v) is 1.91. The quantitative estimate of drug-likeness (QED) is 0.290. The lowest BCUT2D eigenvalue weighted by molar-refractivity contribution is -0.142. The molecular weight excluding hydrogens is 276 g/mol. The Bertz CT molecular complexity index is 431. The molecule has 0 aromatic heterocycles. The van der Waals surface area contributed by atoms with Crippen LogP contribution in [0.2, 0.25) is 0 Å². The molecule has 0 aliphatic carbocycles. The topological polar surface area (TPSA) is 46.5 Å². The van der Waals surface area contributed by atoms with E-state index in [0.717, 1.165) is 12.8 Å². The van der Waals surface area contributed by atoms with E-state index in [1.807, 2.05) is 0 Å². The van der Waals surface area contributed by atoms with Gasteiger partial charge in [-0.05, 0) is 36.7 Å². The van der Waals surface area contributed by atoms with E-state index in [9.17, 15) is 9.90 Å². The third kappa shape index (κ3) is 13.3. The van der Waals surface area contributed by atoms with Gasteiger partial charge in [-0.3, -0.25) is 4.79 Å². The van der Waals surface area contributed by atoms with Crippen molar-refractivity contribution in [2.24, 2.45) is 0 Å². The van der Waals surface area contributed by atoms with Crippen LogP contribution in [-0.2, 0) is 9.53 Å². The van der Waals surface area contributed by atoms with Gasteiger partial charge in [0.2, 0.25) is 0 Å². The van der Waals surface area contributed by atoms with Gasteiger partial charge in [0.25, 0.3) is 0 Å². The highest BCUT2D eigenvalue weighted by atomic mass is 16.5. The molecule has 0 aromatic carbocycles. The minimum atomic E-state index is -0.646. The highest BCUT2D eigenvalue weighted by molar-refractivity contribution is 5.66. The van der Waals surface area contributed by atoms with Crippen molar-refractivity contribution >= 4 is 5.97 Å². The summed E-state index contributed by atoms with van der Waals surface area (Å²) in [5.74, 6) is 10.1. The lowest BCUT2D eigenvalue weighted by Gasteiger charge is -2.03. The monoisotopic (exact) mass is 304 g/mol. The molecule has 0 saturated heterocycles. The number of unbranched alkanes of at least 4 members (excludes halogenated alkanes) is 6. The Morgan fingerprint density at radius 2 is 1.73 bits per heavy atom. The van der Waals surface area contributed by atoms with Crippen LogP contribution in [0.4, 0.5) is 0 Å². The van der Waals surface area contributed by atoms with E-state index < -0.39 is 18.2 Å². The van der Waals surface area contributed by atoms with E-state index >= 15 is 0 Å². The van der Waals surface area contributed by atoms with E-state index in [2.05, 4.69) is 37.2 Å². The SMILES string of the molecule is C=C[C@H](C#CC#C[C@@H](O)CCCCCCCCC)OC(C)=O. The van der Waals surface area contributed by atoms with Gasteiger partial charge in [-0.2, -0.15) is 0 Å². The first-order valence-corrected chi connectivity index (χ1v) is 8.09. The number of hydrogen-bond acceptors (Lipinski definition) is 3. The first-order valence-electron chi connectivity index (χ1n) is 8.09. The molecule has 0 radical (unpaired) electrons. The van der Waals surface area contributed by atoms with Gasteiger partial charge in [0.1, 0.15) is 6.10 Å². The Morgan fingerprint density at radius 1 is 1.14 bits per heavy atom. The first kappa shape index (κ1) is 20.3. The lowest BCUT2D eigenvalue weighted by Crippen LogP contribution is -2.10. The van der Waals surface area contributed by atoms with Gasteiger partial charge < -0.3 is 9.84 Å². The molecule has 122 valence electrons. The molecule has 2 atom stereocenters. The van der Waals surface area contributed by atoms with Crippen molar-refractivity contribution in [1.29, 1.82) is 0 Å². The number of hydrogen-bond donors (Lipinski definition) is 1. The summed E-state index contributed by atoms with van der Waals surface area (Å²) >= 11 is 0. The maximum atomic E-state index is 10.8. The average molecular weight is 304 g/mol. The predicted octanol–water partition coefficient (Wildman–Crippen LogP) is 3.61. The second-order valence-electron chi connectivity index (χ2n) is 5.23. The minimum Gasteiger partial charge on any atom is -0.445 e. The normalized spacial score (nSPS) is 12.1. The highest BCUT2D eigenvalue weighted by Gasteiger charge is 2.01. The number of ether oxygens (including phenoxy) is 1. The molecule has 0 spiro atoms. The predicted molar refractivity (Wildman–Crippen MR) is 89.9 cm³/mol. The van der Waals surface area contributed by atoms with Gasteiger partial charge in [-0.1, -0.05) is 57.9 Å². The Labute approximate surface area is 135 Å². The highest BCUT2D eigenvalue weighted by Crippen LogP contribution is 2.09. The van der Waals surface area contributed by atoms with Crippen molar-refractivity contribution < 1.29 is 14.6 Å². The number of esters is 1. The van der Waals surface area contributed by atoms with Crippen molar-refractivity contribution in [3.8, 4) is 23.7 Å². The van der Waals surface area contributed by atoms with E-state index in [4.69, 9.17) is 4.74 Å². The van der Waals surface area contributed by atoms with Crippen molar-refractivity contribution in [1.82, 2.24) is 0 Å². The van der Waals surface area contributed by atoms with Gasteiger partial charge in [0.05, 0.1) is 0 Å². The van der Waals surface area contributed by atoms with E-state index in [1.165, 1.54) is 45.1 Å². The van der Waals surface area contributed by atoms with Crippen LogP contribution in [0.5, 0.6) is 0 Å². The third-order valence-corrected chi connectivity index (χ3v) is 3.10. The lowest BCUT2D eigenvalue weighted by atomic mass is 10.1. The number of aliphatic hydroxyl groups excluding tert-OH is 1. The van der Waals surface area contributed by atoms with Crippen LogP contribution in [0.1, 0.15) is 65.2 Å². The largest absolute Gasteiger partial charge is 0.445 e. The summed E-state index contributed by atoms with van der Waals surface area (Å²) in [6.45, 7) is 7.05. The number of aliphatic hydroxyl groups is 1. The first-order chi connectivity index (χ1) is 10.6. The molecule has 0 aliphatic heterocycles. The molecule has 22 heavy (non-hydrogen) atoms. The van der Waals surface area contributed by atoms with Gasteiger partial charge in [-0.25, -0.2) is 0 Å². The van der Waals surface area contributed by atoms with Gasteiger partial charge >= 0.3 is 5.97 Å². The summed E-state index contributed by atoms with van der Waals surface area (Å²) in [6.07, 6.45) is 9.34. The molecule has 0 aliphatic rings. The maximum Gasteiger partial charge on any atom is 0.304 e. The number of rotatable bonds is 10. The summed E-state index contributed by atoms with van der Waals surface area (Å²) in [5, 5.41) is 9.71. The fourth-order valence-electron chi connectivity index (χ4n) is 1.91. The summed E-state index contributed by atoms with van der Waals surface area (Å²) in [4.78, 5) is 10.8. The fraction of sp³-hybridized carbons (Fsp3) is 0.632. The van der Waals surface area contributed by atoms with Gasteiger partial charge in [0, 0.05) is 6.92 Å². The third-order valence-electron chi connectivity index (χ3n) is 3.10. The molecule has 3 nitrogen and oxygen atoms in total. The Hall–Kier alpha value is -1.71. The zero-order valence-corrected chi connectivity index (χ0v) is 13.9. The Kier molecular flexibility index (Phi) is 13.1. The molecule has 0 aromatic rings. The summed E-state index contributed by atoms with van der Waals surface area (Å²) < 4.78 is 4.87. The second kappa shape index (κ2) is 14.2. The molecule has 0 amide bonds. The van der Waals surface area contributed by atoms with Crippen LogP contribution in [0.25, 0.3) is 0 Å². The standard InChI is InChI=1S/C19H28O3/c1-4-6-7-8-9-10-11-14-18(21)15-12-13-16-19(5-2)22-17(3)20/h5,18-19,21H,2,4,6-11,14H2,1,3H3/t18-,19+/m0/s1. The van der Waals surface area contributed by atoms with Gasteiger partial charge in [0.15, 0.2) is 6.10 Å². The smallest absolute Gasteiger partial charge is 0.304 e. The van der Waals surface area contributed by atoms with Gasteiger partial charge in [-0.15, -0.1) is 0 Å². The van der Waals surface area contributed by atoms with Crippen LogP contribution in [0, 0.1) is 23.7 Å². The van der Waals surface area contributed by atoms with Crippen LogP contribution in [0.15, 0.2) is 12.7 Å². The molecule has 0 rings (SSSR count). The molecule has 0 saturated carbocycles. The second-order valence-corrected chi connectivity index (χ2v) is 5.23. The van der Waals surface area contributed by atoms with E-state index in [-0.39, 0.29) is 0 Å². The number of carbonyl (C=O) groups is 1. The molecule has 0 bridgehead atoms. The number of carbonyl (C=O) groups excluding carboxylic acids is 1.